The Morgan fingerprint density at radius 1 is 1.12 bits per heavy atom. The smallest absolute Gasteiger partial charge is 0.220 e. The first-order valence-electron chi connectivity index (χ1n) is 17.7. The van der Waals surface area contributed by atoms with E-state index in [0.717, 1.165) is 49.0 Å². The minimum atomic E-state index is -0.401. The molecule has 252 valence electrons. The van der Waals surface area contributed by atoms with Crippen LogP contribution in [0.15, 0.2) is 71.2 Å². The fraction of sp³-hybridized carbons (Fsp3) is 0.605. The van der Waals surface area contributed by atoms with Crippen molar-refractivity contribution in [3.63, 3.8) is 0 Å². The molecular formula is C38H46N6O4. The van der Waals surface area contributed by atoms with E-state index in [4.69, 9.17) is 19.7 Å². The van der Waals surface area contributed by atoms with E-state index >= 15 is 0 Å². The number of hydrogen-bond acceptors (Lipinski definition) is 7. The lowest BCUT2D eigenvalue weighted by atomic mass is 9.49. The third kappa shape index (κ3) is 5.06. The summed E-state index contributed by atoms with van der Waals surface area (Å²) in [6, 6.07) is 7.87. The Bertz CT molecular complexity index is 1730. The molecule has 0 radical (unpaired) electrons. The Balaban J connectivity index is 0.955. The summed E-state index contributed by atoms with van der Waals surface area (Å²) in [4.78, 5) is 16.1. The van der Waals surface area contributed by atoms with Crippen molar-refractivity contribution in [2.45, 2.75) is 91.4 Å². The van der Waals surface area contributed by atoms with Gasteiger partial charge >= 0.3 is 0 Å². The third-order valence-corrected chi connectivity index (χ3v) is 13.1. The van der Waals surface area contributed by atoms with Gasteiger partial charge in [-0.15, -0.1) is 5.10 Å². The van der Waals surface area contributed by atoms with Crippen molar-refractivity contribution in [1.82, 2.24) is 15.0 Å². The predicted molar refractivity (Wildman–Crippen MR) is 179 cm³/mol. The number of carbonyl (C=O) groups is 1. The van der Waals surface area contributed by atoms with E-state index in [0.29, 0.717) is 60.1 Å². The quantitative estimate of drug-likeness (QED) is 0.174. The Morgan fingerprint density at radius 3 is 2.71 bits per heavy atom. The predicted octanol–water partition coefficient (Wildman–Crippen LogP) is 7.47. The lowest BCUT2D eigenvalue weighted by Crippen LogP contribution is -2.51. The number of azide groups is 1. The molecule has 4 fully saturated rings. The van der Waals surface area contributed by atoms with Crippen LogP contribution in [0.3, 0.4) is 0 Å². The van der Waals surface area contributed by atoms with E-state index in [1.165, 1.54) is 6.42 Å². The van der Waals surface area contributed by atoms with Gasteiger partial charge in [-0.3, -0.25) is 4.79 Å². The highest BCUT2D eigenvalue weighted by Gasteiger charge is 2.68. The topological polar surface area (TPSA) is 124 Å². The van der Waals surface area contributed by atoms with Gasteiger partial charge in [0.1, 0.15) is 12.3 Å². The molecule has 2 saturated carbocycles. The van der Waals surface area contributed by atoms with Gasteiger partial charge in [-0.05, 0) is 95.1 Å². The standard InChI is InChI=1S/C38H46N6O4/c1-23-11-14-38(47-21-23)24(2)35-33(48-38)16-31-29-10-9-27-15-32(45)34(17-37(27,4)30(29)12-13-36(31,35)3)46-22-28-20-44(43-41-28)19-26-7-5-25(6-8-26)18-40-42-39/h5-10,15,17,20,23-24,29-31,33,35H,11-14,16,18-19,21-22H2,1-4H3/t23-,24+,29-,30+,31+,33+,35+,36+,37+,38-/m1/s1. The minimum Gasteiger partial charge on any atom is -0.483 e. The van der Waals surface area contributed by atoms with Crippen LogP contribution in [0.2, 0.25) is 0 Å². The summed E-state index contributed by atoms with van der Waals surface area (Å²) in [6.45, 7) is 11.4. The van der Waals surface area contributed by atoms with E-state index in [1.807, 2.05) is 30.5 Å². The molecule has 10 nitrogen and oxygen atoms in total. The number of allylic oxidation sites excluding steroid dienone is 5. The zero-order chi connectivity index (χ0) is 33.3. The van der Waals surface area contributed by atoms with Crippen molar-refractivity contribution in [1.29, 1.82) is 0 Å². The van der Waals surface area contributed by atoms with Crippen LogP contribution in [-0.4, -0.2) is 39.3 Å². The number of aromatic nitrogens is 3. The largest absolute Gasteiger partial charge is 0.483 e. The maximum Gasteiger partial charge on any atom is 0.220 e. The van der Waals surface area contributed by atoms with Gasteiger partial charge in [0.2, 0.25) is 5.78 Å². The molecule has 1 aromatic heterocycles. The Morgan fingerprint density at radius 2 is 1.94 bits per heavy atom. The summed E-state index contributed by atoms with van der Waals surface area (Å²) in [5.74, 6) is 2.77. The number of rotatable bonds is 7. The summed E-state index contributed by atoms with van der Waals surface area (Å²) in [5, 5.41) is 12.2. The maximum atomic E-state index is 13.3. The molecule has 48 heavy (non-hydrogen) atoms. The SMILES string of the molecule is C[C@@H]1CC[C@@]2(OC1)O[C@H]1C[C@H]3[C@@H]4C=CC5=CC(=O)C(OCc6cn(Cc7ccc(CN=[N+]=[N-])cc7)nn6)=C[C@]5(C)[C@H]4CC[C@]3(C)[C@H]1[C@@H]2C. The highest BCUT2D eigenvalue weighted by molar-refractivity contribution is 6.04. The molecular weight excluding hydrogens is 604 g/mol. The molecule has 4 aliphatic carbocycles. The van der Waals surface area contributed by atoms with E-state index < -0.39 is 5.79 Å². The number of benzene rings is 1. The van der Waals surface area contributed by atoms with Gasteiger partial charge in [0.15, 0.2) is 11.5 Å². The van der Waals surface area contributed by atoms with Crippen molar-refractivity contribution < 1.29 is 19.0 Å². The van der Waals surface area contributed by atoms with Gasteiger partial charge in [-0.25, -0.2) is 4.68 Å². The fourth-order valence-corrected chi connectivity index (χ4v) is 10.5. The molecule has 0 bridgehead atoms. The van der Waals surface area contributed by atoms with E-state index in [2.05, 4.69) is 66.3 Å². The van der Waals surface area contributed by atoms with Crippen LogP contribution in [0.5, 0.6) is 0 Å². The van der Waals surface area contributed by atoms with Gasteiger partial charge in [0.05, 0.1) is 32.0 Å². The molecule has 1 spiro atoms. The molecule has 6 aliphatic rings. The highest BCUT2D eigenvalue weighted by atomic mass is 16.7. The second-order valence-electron chi connectivity index (χ2n) is 15.8. The fourth-order valence-electron chi connectivity index (χ4n) is 10.5. The van der Waals surface area contributed by atoms with Crippen molar-refractivity contribution in [2.24, 2.45) is 51.5 Å². The number of ketones is 1. The normalized spacial score (nSPS) is 39.5. The van der Waals surface area contributed by atoms with Crippen molar-refractivity contribution >= 4 is 5.78 Å². The van der Waals surface area contributed by atoms with Crippen molar-refractivity contribution in [3.8, 4) is 0 Å². The minimum absolute atomic E-state index is 0.0934. The van der Waals surface area contributed by atoms with E-state index in [1.54, 1.807) is 10.8 Å². The first kappa shape index (κ1) is 31.5. The first-order valence-corrected chi connectivity index (χ1v) is 17.7. The average Bonchev–Trinajstić information content (AvgIpc) is 3.73. The van der Waals surface area contributed by atoms with Crippen molar-refractivity contribution in [2.75, 3.05) is 6.61 Å². The summed E-state index contributed by atoms with van der Waals surface area (Å²) < 4.78 is 21.4. The zero-order valence-corrected chi connectivity index (χ0v) is 28.4. The van der Waals surface area contributed by atoms with Crippen LogP contribution in [-0.2, 0) is 38.7 Å². The van der Waals surface area contributed by atoms with E-state index in [9.17, 15) is 4.79 Å². The molecule has 0 amide bonds. The van der Waals surface area contributed by atoms with E-state index in [-0.39, 0.29) is 29.3 Å². The van der Waals surface area contributed by atoms with Crippen LogP contribution in [0.25, 0.3) is 10.4 Å². The van der Waals surface area contributed by atoms with Gasteiger partial charge in [-0.2, -0.15) is 0 Å². The average molecular weight is 651 g/mol. The van der Waals surface area contributed by atoms with Crippen LogP contribution in [0.1, 0.15) is 76.6 Å². The lowest BCUT2D eigenvalue weighted by molar-refractivity contribution is -0.272. The number of carbonyl (C=O) groups excluding carboxylic acids is 1. The number of ether oxygens (including phenoxy) is 3. The Labute approximate surface area is 282 Å². The number of fused-ring (bicyclic) bond motifs is 7. The molecule has 2 aliphatic heterocycles. The highest BCUT2D eigenvalue weighted by Crippen LogP contribution is 2.69. The number of hydrogen-bond donors (Lipinski definition) is 0. The molecule has 2 aromatic rings. The molecule has 0 unspecified atom stereocenters. The second kappa shape index (κ2) is 11.7. The van der Waals surface area contributed by atoms with Gasteiger partial charge < -0.3 is 14.2 Å². The molecule has 8 rings (SSSR count). The molecule has 10 atom stereocenters. The van der Waals surface area contributed by atoms with Gasteiger partial charge in [0.25, 0.3) is 0 Å². The molecule has 10 heteroatoms. The Kier molecular flexibility index (Phi) is 7.70. The van der Waals surface area contributed by atoms with Crippen LogP contribution < -0.4 is 0 Å². The van der Waals surface area contributed by atoms with Crippen LogP contribution in [0.4, 0.5) is 0 Å². The molecule has 1 aromatic carbocycles. The van der Waals surface area contributed by atoms with Crippen molar-refractivity contribution in [3.05, 3.63) is 93.4 Å². The van der Waals surface area contributed by atoms with Crippen LogP contribution in [0, 0.1) is 46.3 Å². The zero-order valence-electron chi connectivity index (χ0n) is 28.4. The van der Waals surface area contributed by atoms with Gasteiger partial charge in [-0.1, -0.05) is 74.4 Å². The monoisotopic (exact) mass is 650 g/mol. The summed E-state index contributed by atoms with van der Waals surface area (Å²) in [5.41, 5.74) is 12.2. The molecule has 0 N–H and O–H groups in total. The van der Waals surface area contributed by atoms with Gasteiger partial charge in [0, 0.05) is 22.7 Å². The third-order valence-electron chi connectivity index (χ3n) is 13.1. The number of nitrogens with zero attached hydrogens (tertiary/aromatic N) is 6. The lowest BCUT2D eigenvalue weighted by Gasteiger charge is -2.55. The Hall–Kier alpha value is -3.72. The summed E-state index contributed by atoms with van der Waals surface area (Å²) >= 11 is 0. The van der Waals surface area contributed by atoms with Crippen LogP contribution >= 0.6 is 0 Å². The molecule has 2 saturated heterocycles. The first-order chi connectivity index (χ1) is 23.1. The second-order valence-corrected chi connectivity index (χ2v) is 15.8. The molecule has 3 heterocycles. The summed E-state index contributed by atoms with van der Waals surface area (Å²) in [7, 11) is 0. The summed E-state index contributed by atoms with van der Waals surface area (Å²) in [6.07, 6.45) is 16.2. The maximum absolute atomic E-state index is 13.3.